The summed E-state index contributed by atoms with van der Waals surface area (Å²) >= 11 is 0. The number of nitrogens with zero attached hydrogens (tertiary/aromatic N) is 2. The minimum Gasteiger partial charge on any atom is -0.295 e. The molecule has 2 unspecified atom stereocenters. The lowest BCUT2D eigenvalue weighted by Gasteiger charge is -2.48. The first kappa shape index (κ1) is 13.5. The summed E-state index contributed by atoms with van der Waals surface area (Å²) in [5.74, 6) is 1.54. The number of rotatable bonds is 8. The van der Waals surface area contributed by atoms with Crippen LogP contribution in [-0.4, -0.2) is 25.5 Å². The Morgan fingerprint density at radius 1 is 1.39 bits per heavy atom. The Bertz CT molecular complexity index is 337. The van der Waals surface area contributed by atoms with E-state index in [1.807, 2.05) is 0 Å². The van der Waals surface area contributed by atoms with Gasteiger partial charge in [-0.1, -0.05) is 25.8 Å². The van der Waals surface area contributed by atoms with E-state index in [0.29, 0.717) is 17.9 Å². The maximum Gasteiger partial charge on any atom is 0.0764 e. The van der Waals surface area contributed by atoms with Crippen LogP contribution >= 0.6 is 0 Å². The van der Waals surface area contributed by atoms with Gasteiger partial charge >= 0.3 is 0 Å². The molecule has 2 atom stereocenters. The normalized spacial score (nSPS) is 31.8. The van der Waals surface area contributed by atoms with E-state index in [-0.39, 0.29) is 0 Å². The van der Waals surface area contributed by atoms with Crippen molar-refractivity contribution in [2.45, 2.75) is 45.4 Å². The highest BCUT2D eigenvalue weighted by Gasteiger charge is 2.45. The van der Waals surface area contributed by atoms with Crippen molar-refractivity contribution in [3.05, 3.63) is 12.7 Å². The van der Waals surface area contributed by atoms with E-state index in [1.165, 1.54) is 44.2 Å². The lowest BCUT2D eigenvalue weighted by molar-refractivity contribution is 0.136. The van der Waals surface area contributed by atoms with Crippen LogP contribution in [0.1, 0.15) is 45.4 Å². The van der Waals surface area contributed by atoms with Crippen molar-refractivity contribution in [2.24, 2.45) is 27.2 Å². The van der Waals surface area contributed by atoms with Gasteiger partial charge in [0.2, 0.25) is 0 Å². The van der Waals surface area contributed by atoms with Crippen LogP contribution in [0.4, 0.5) is 0 Å². The average Bonchev–Trinajstić information content (AvgIpc) is 3.14. The fraction of sp³-hybridized carbons (Fsp3) is 0.750. The maximum absolute atomic E-state index is 4.84. The van der Waals surface area contributed by atoms with Gasteiger partial charge in [0.25, 0.3) is 0 Å². The smallest absolute Gasteiger partial charge is 0.0764 e. The quantitative estimate of drug-likeness (QED) is 0.458. The Balaban J connectivity index is 1.99. The monoisotopic (exact) mass is 246 g/mol. The summed E-state index contributed by atoms with van der Waals surface area (Å²) in [6, 6.07) is 0. The predicted octanol–water partition coefficient (Wildman–Crippen LogP) is 3.92. The third kappa shape index (κ3) is 2.73. The molecular formula is C16H26N2. The van der Waals surface area contributed by atoms with Gasteiger partial charge in [-0.05, 0) is 43.7 Å². The number of allylic oxidation sites excluding steroid dienone is 1. The predicted molar refractivity (Wildman–Crippen MR) is 79.7 cm³/mol. The van der Waals surface area contributed by atoms with Crippen LogP contribution in [0.15, 0.2) is 22.6 Å². The third-order valence-corrected chi connectivity index (χ3v) is 4.88. The zero-order chi connectivity index (χ0) is 13.0. The highest BCUT2D eigenvalue weighted by molar-refractivity contribution is 5.91. The van der Waals surface area contributed by atoms with Crippen molar-refractivity contribution in [1.29, 1.82) is 0 Å². The molecule has 0 N–H and O–H groups in total. The Labute approximate surface area is 111 Å². The van der Waals surface area contributed by atoms with Crippen molar-refractivity contribution in [1.82, 2.24) is 0 Å². The van der Waals surface area contributed by atoms with Gasteiger partial charge in [0.15, 0.2) is 0 Å². The molecule has 0 amide bonds. The standard InChI is InChI=1S/C16H26N2/c1-4-16(5-2)10-8-14(16)15(12-17-3)18-11-9-13-6-7-13/h4,13-14H,1,3,5-12H2,2H3/b18-15+. The Hall–Kier alpha value is -0.920. The van der Waals surface area contributed by atoms with Crippen LogP contribution in [0.25, 0.3) is 0 Å². The molecule has 0 spiro atoms. The molecule has 2 aliphatic rings. The molecule has 2 aliphatic carbocycles. The maximum atomic E-state index is 4.84. The molecule has 2 heteroatoms. The molecule has 0 saturated heterocycles. The van der Waals surface area contributed by atoms with E-state index < -0.39 is 0 Å². The molecule has 0 radical (unpaired) electrons. The molecule has 2 fully saturated rings. The summed E-state index contributed by atoms with van der Waals surface area (Å²) < 4.78 is 0. The summed E-state index contributed by atoms with van der Waals surface area (Å²) in [4.78, 5) is 8.91. The van der Waals surface area contributed by atoms with E-state index >= 15 is 0 Å². The van der Waals surface area contributed by atoms with Gasteiger partial charge in [-0.3, -0.25) is 9.98 Å². The van der Waals surface area contributed by atoms with E-state index in [1.54, 1.807) is 0 Å². The molecule has 18 heavy (non-hydrogen) atoms. The van der Waals surface area contributed by atoms with Crippen LogP contribution in [0.3, 0.4) is 0 Å². The lowest BCUT2D eigenvalue weighted by Crippen LogP contribution is -2.44. The second-order valence-electron chi connectivity index (χ2n) is 5.87. The van der Waals surface area contributed by atoms with Gasteiger partial charge < -0.3 is 0 Å². The Morgan fingerprint density at radius 3 is 2.61 bits per heavy atom. The zero-order valence-electron chi connectivity index (χ0n) is 11.7. The Kier molecular flexibility index (Phi) is 4.36. The molecule has 2 nitrogen and oxygen atoms in total. The van der Waals surface area contributed by atoms with Gasteiger partial charge in [0.1, 0.15) is 0 Å². The summed E-state index contributed by atoms with van der Waals surface area (Å²) in [7, 11) is 0. The van der Waals surface area contributed by atoms with Gasteiger partial charge in [0.05, 0.1) is 6.54 Å². The molecule has 0 heterocycles. The molecule has 0 aliphatic heterocycles. The molecule has 0 aromatic carbocycles. The number of aliphatic imine (C=N–C) groups is 2. The highest BCUT2D eigenvalue weighted by Crippen LogP contribution is 2.51. The first-order chi connectivity index (χ1) is 8.75. The fourth-order valence-corrected chi connectivity index (χ4v) is 3.15. The molecule has 0 aromatic rings. The van der Waals surface area contributed by atoms with Crippen molar-refractivity contribution in [3.63, 3.8) is 0 Å². The minimum absolute atomic E-state index is 0.295. The third-order valence-electron chi connectivity index (χ3n) is 4.88. The zero-order valence-corrected chi connectivity index (χ0v) is 11.7. The summed E-state index contributed by atoms with van der Waals surface area (Å²) in [5, 5.41) is 0. The lowest BCUT2D eigenvalue weighted by atomic mass is 9.57. The van der Waals surface area contributed by atoms with E-state index in [0.717, 1.165) is 12.5 Å². The molecule has 2 rings (SSSR count). The second-order valence-corrected chi connectivity index (χ2v) is 5.87. The van der Waals surface area contributed by atoms with Crippen molar-refractivity contribution in [3.8, 4) is 0 Å². The summed E-state index contributed by atoms with van der Waals surface area (Å²) in [6.45, 7) is 11.6. The Morgan fingerprint density at radius 2 is 2.17 bits per heavy atom. The van der Waals surface area contributed by atoms with E-state index in [4.69, 9.17) is 4.99 Å². The SMILES string of the molecule is C=CC1(CC)CCC1/C(CN=C)=N/CCC1CC1. The summed E-state index contributed by atoms with van der Waals surface area (Å²) in [6.07, 6.45) is 9.92. The molecule has 2 saturated carbocycles. The van der Waals surface area contributed by atoms with Gasteiger partial charge in [-0.15, -0.1) is 6.58 Å². The minimum atomic E-state index is 0.295. The number of hydrogen-bond donors (Lipinski definition) is 0. The van der Waals surface area contributed by atoms with Gasteiger partial charge in [-0.2, -0.15) is 0 Å². The molecule has 0 aromatic heterocycles. The molecular weight excluding hydrogens is 220 g/mol. The topological polar surface area (TPSA) is 24.7 Å². The van der Waals surface area contributed by atoms with E-state index in [2.05, 4.69) is 31.3 Å². The first-order valence-electron chi connectivity index (χ1n) is 7.35. The number of hydrogen-bond acceptors (Lipinski definition) is 2. The van der Waals surface area contributed by atoms with Crippen LogP contribution in [0.2, 0.25) is 0 Å². The second kappa shape index (κ2) is 5.81. The van der Waals surface area contributed by atoms with Crippen molar-refractivity contribution < 1.29 is 0 Å². The van der Waals surface area contributed by atoms with Crippen molar-refractivity contribution in [2.75, 3.05) is 13.1 Å². The van der Waals surface area contributed by atoms with Crippen LogP contribution in [-0.2, 0) is 0 Å². The summed E-state index contributed by atoms with van der Waals surface area (Å²) in [5.41, 5.74) is 1.57. The van der Waals surface area contributed by atoms with Crippen LogP contribution in [0.5, 0.6) is 0 Å². The van der Waals surface area contributed by atoms with Gasteiger partial charge in [-0.25, -0.2) is 0 Å². The van der Waals surface area contributed by atoms with Crippen molar-refractivity contribution >= 4 is 12.4 Å². The van der Waals surface area contributed by atoms with Crippen LogP contribution in [0, 0.1) is 17.3 Å². The average molecular weight is 246 g/mol. The van der Waals surface area contributed by atoms with Gasteiger partial charge in [0, 0.05) is 18.2 Å². The molecule has 0 bridgehead atoms. The van der Waals surface area contributed by atoms with E-state index in [9.17, 15) is 0 Å². The highest BCUT2D eigenvalue weighted by atomic mass is 14.8. The molecule has 100 valence electrons. The van der Waals surface area contributed by atoms with Crippen LogP contribution < -0.4 is 0 Å². The largest absolute Gasteiger partial charge is 0.295 e. The first-order valence-corrected chi connectivity index (χ1v) is 7.35. The fourth-order valence-electron chi connectivity index (χ4n) is 3.15.